The minimum Gasteiger partial charge on any atom is -0.342 e. The molecule has 0 N–H and O–H groups in total. The van der Waals surface area contributed by atoms with Gasteiger partial charge in [-0.3, -0.25) is 14.2 Å². The zero-order chi connectivity index (χ0) is 21.5. The lowest BCUT2D eigenvalue weighted by Crippen LogP contribution is -2.30. The third kappa shape index (κ3) is 3.92. The number of rotatable bonds is 4. The van der Waals surface area contributed by atoms with Crippen LogP contribution in [0.3, 0.4) is 0 Å². The highest BCUT2D eigenvalue weighted by Gasteiger charge is 2.25. The maximum atomic E-state index is 13.8. The first-order valence-electron chi connectivity index (χ1n) is 10.7. The summed E-state index contributed by atoms with van der Waals surface area (Å²) < 4.78 is 1.70. The van der Waals surface area contributed by atoms with Gasteiger partial charge in [-0.25, -0.2) is 4.98 Å². The lowest BCUT2D eigenvalue weighted by molar-refractivity contribution is -0.127. The van der Waals surface area contributed by atoms with Crippen molar-refractivity contribution in [1.29, 1.82) is 0 Å². The van der Waals surface area contributed by atoms with Crippen molar-refractivity contribution >= 4 is 39.2 Å². The molecular weight excluding hydrogens is 428 g/mol. The fraction of sp³-hybridized carbons (Fsp3) is 0.435. The van der Waals surface area contributed by atoms with Crippen LogP contribution in [0.4, 0.5) is 0 Å². The van der Waals surface area contributed by atoms with Crippen molar-refractivity contribution in [1.82, 2.24) is 19.4 Å². The van der Waals surface area contributed by atoms with Gasteiger partial charge in [-0.15, -0.1) is 11.3 Å². The number of nitrogens with zero attached hydrogens (tertiary/aromatic N) is 4. The van der Waals surface area contributed by atoms with Gasteiger partial charge in [0.1, 0.15) is 4.83 Å². The molecular formula is C23H26N4O2S2. The quantitative estimate of drug-likeness (QED) is 0.446. The van der Waals surface area contributed by atoms with E-state index >= 15 is 0 Å². The third-order valence-corrected chi connectivity index (χ3v) is 8.14. The number of thioether (sulfide) groups is 1. The number of hydrogen-bond donors (Lipinski definition) is 0. The Hall–Kier alpha value is -2.16. The molecule has 2 aromatic heterocycles. The van der Waals surface area contributed by atoms with Crippen LogP contribution in [0.5, 0.6) is 0 Å². The van der Waals surface area contributed by atoms with E-state index in [9.17, 15) is 9.59 Å². The molecule has 0 bridgehead atoms. The van der Waals surface area contributed by atoms with Crippen molar-refractivity contribution in [3.05, 3.63) is 50.6 Å². The van der Waals surface area contributed by atoms with Crippen molar-refractivity contribution in [3.63, 3.8) is 0 Å². The van der Waals surface area contributed by atoms with E-state index in [4.69, 9.17) is 4.98 Å². The summed E-state index contributed by atoms with van der Waals surface area (Å²) in [5, 5.41) is 1.35. The molecule has 5 rings (SSSR count). The second kappa shape index (κ2) is 8.41. The van der Waals surface area contributed by atoms with Gasteiger partial charge in [0.05, 0.1) is 16.8 Å². The number of benzene rings is 1. The molecule has 0 spiro atoms. The van der Waals surface area contributed by atoms with Gasteiger partial charge in [-0.1, -0.05) is 29.5 Å². The van der Waals surface area contributed by atoms with Crippen molar-refractivity contribution < 1.29 is 4.79 Å². The van der Waals surface area contributed by atoms with Crippen LogP contribution in [-0.2, 0) is 17.8 Å². The van der Waals surface area contributed by atoms with Crippen LogP contribution in [-0.4, -0.2) is 57.7 Å². The number of carbonyl (C=O) groups excluding carboxylic acids is 1. The summed E-state index contributed by atoms with van der Waals surface area (Å²) in [6, 6.07) is 7.94. The van der Waals surface area contributed by atoms with E-state index in [1.165, 1.54) is 16.6 Å². The molecule has 162 valence electrons. The molecule has 0 atom stereocenters. The topological polar surface area (TPSA) is 58.4 Å². The molecule has 31 heavy (non-hydrogen) atoms. The van der Waals surface area contributed by atoms with Gasteiger partial charge in [0.25, 0.3) is 5.56 Å². The van der Waals surface area contributed by atoms with Gasteiger partial charge in [0.15, 0.2) is 5.16 Å². The monoisotopic (exact) mass is 454 g/mol. The smallest absolute Gasteiger partial charge is 0.267 e. The van der Waals surface area contributed by atoms with E-state index in [-0.39, 0.29) is 11.5 Å². The van der Waals surface area contributed by atoms with E-state index in [1.54, 1.807) is 15.9 Å². The first-order chi connectivity index (χ1) is 15.0. The van der Waals surface area contributed by atoms with Crippen LogP contribution in [0.25, 0.3) is 15.9 Å². The second-order valence-electron chi connectivity index (χ2n) is 8.42. The van der Waals surface area contributed by atoms with Gasteiger partial charge in [-0.05, 0) is 50.9 Å². The minimum atomic E-state index is -0.0213. The Morgan fingerprint density at radius 1 is 1.16 bits per heavy atom. The van der Waals surface area contributed by atoms with Crippen molar-refractivity contribution in [2.45, 2.75) is 37.9 Å². The molecule has 2 aliphatic heterocycles. The molecule has 0 unspecified atom stereocenters. The fourth-order valence-electron chi connectivity index (χ4n) is 4.35. The Balaban J connectivity index is 1.60. The standard InChI is InChI=1S/C23H26N4O2S2/c1-15-5-7-16(8-6-15)27-22(29)20-17-9-12-25(2)13-18(17)31-21(20)24-23(27)30-14-19(28)26-10-3-4-11-26/h5-8H,3-4,9-14H2,1-2H3. The Kier molecular flexibility index (Phi) is 5.62. The number of likely N-dealkylation sites (N-methyl/N-ethyl adjacent to an activating group) is 1. The lowest BCUT2D eigenvalue weighted by Gasteiger charge is -2.21. The van der Waals surface area contributed by atoms with Gasteiger partial charge in [0.2, 0.25) is 5.91 Å². The molecule has 1 saturated heterocycles. The molecule has 1 amide bonds. The molecule has 8 heteroatoms. The number of likely N-dealkylation sites (tertiary alicyclic amines) is 1. The predicted molar refractivity (Wildman–Crippen MR) is 127 cm³/mol. The minimum absolute atomic E-state index is 0.0213. The first kappa shape index (κ1) is 20.7. The molecule has 3 aromatic rings. The average molecular weight is 455 g/mol. The predicted octanol–water partition coefficient (Wildman–Crippen LogP) is 3.46. The largest absolute Gasteiger partial charge is 0.342 e. The van der Waals surface area contributed by atoms with E-state index in [0.29, 0.717) is 10.9 Å². The van der Waals surface area contributed by atoms with Crippen LogP contribution in [0.1, 0.15) is 28.8 Å². The second-order valence-corrected chi connectivity index (χ2v) is 10.4. The molecule has 0 saturated carbocycles. The molecule has 4 heterocycles. The fourth-order valence-corrected chi connectivity index (χ4v) is 6.61. The number of hydrogen-bond acceptors (Lipinski definition) is 6. The number of aromatic nitrogens is 2. The highest BCUT2D eigenvalue weighted by molar-refractivity contribution is 7.99. The van der Waals surface area contributed by atoms with Crippen LogP contribution >= 0.6 is 23.1 Å². The van der Waals surface area contributed by atoms with Crippen molar-refractivity contribution in [3.8, 4) is 5.69 Å². The summed E-state index contributed by atoms with van der Waals surface area (Å²) in [6.07, 6.45) is 3.02. The first-order valence-corrected chi connectivity index (χ1v) is 12.5. The Morgan fingerprint density at radius 2 is 1.90 bits per heavy atom. The van der Waals surface area contributed by atoms with Crippen LogP contribution in [0, 0.1) is 6.92 Å². The molecule has 1 fully saturated rings. The lowest BCUT2D eigenvalue weighted by atomic mass is 10.1. The zero-order valence-corrected chi connectivity index (χ0v) is 19.5. The van der Waals surface area contributed by atoms with Gasteiger partial charge < -0.3 is 9.80 Å². The van der Waals surface area contributed by atoms with Gasteiger partial charge in [-0.2, -0.15) is 0 Å². The Bertz CT molecular complexity index is 1190. The number of fused-ring (bicyclic) bond motifs is 3. The molecule has 6 nitrogen and oxygen atoms in total. The molecule has 0 aliphatic carbocycles. The summed E-state index contributed by atoms with van der Waals surface area (Å²) in [4.78, 5) is 37.5. The van der Waals surface area contributed by atoms with Crippen molar-refractivity contribution in [2.24, 2.45) is 0 Å². The molecule has 1 aromatic carbocycles. The van der Waals surface area contributed by atoms with Gasteiger partial charge in [0, 0.05) is 31.1 Å². The third-order valence-electron chi connectivity index (χ3n) is 6.11. The number of carbonyl (C=O) groups is 1. The average Bonchev–Trinajstić information content (AvgIpc) is 3.40. The van der Waals surface area contributed by atoms with Crippen LogP contribution in [0.2, 0.25) is 0 Å². The highest BCUT2D eigenvalue weighted by Crippen LogP contribution is 2.34. The maximum Gasteiger partial charge on any atom is 0.267 e. The maximum absolute atomic E-state index is 13.8. The zero-order valence-electron chi connectivity index (χ0n) is 17.9. The SMILES string of the molecule is Cc1ccc(-n2c(SCC(=O)N3CCCC3)nc3sc4c(c3c2=O)CCN(C)C4)cc1. The number of thiophene rings is 1. The number of amides is 1. The summed E-state index contributed by atoms with van der Waals surface area (Å²) in [6.45, 7) is 5.51. The van der Waals surface area contributed by atoms with Crippen LogP contribution < -0.4 is 5.56 Å². The number of aryl methyl sites for hydroxylation is 1. The molecule has 2 aliphatic rings. The van der Waals surface area contributed by atoms with Crippen molar-refractivity contribution in [2.75, 3.05) is 32.4 Å². The Morgan fingerprint density at radius 3 is 2.65 bits per heavy atom. The van der Waals surface area contributed by atoms with E-state index in [1.807, 2.05) is 36.1 Å². The van der Waals surface area contributed by atoms with Gasteiger partial charge >= 0.3 is 0 Å². The summed E-state index contributed by atoms with van der Waals surface area (Å²) >= 11 is 3.00. The highest BCUT2D eigenvalue weighted by atomic mass is 32.2. The summed E-state index contributed by atoms with van der Waals surface area (Å²) in [7, 11) is 2.11. The summed E-state index contributed by atoms with van der Waals surface area (Å²) in [5.41, 5.74) is 3.07. The van der Waals surface area contributed by atoms with Crippen LogP contribution in [0.15, 0.2) is 34.2 Å². The molecule has 0 radical (unpaired) electrons. The normalized spacial score (nSPS) is 16.8. The van der Waals surface area contributed by atoms with E-state index < -0.39 is 0 Å². The van der Waals surface area contributed by atoms with E-state index in [2.05, 4.69) is 11.9 Å². The Labute approximate surface area is 189 Å². The van der Waals surface area contributed by atoms with E-state index in [0.717, 1.165) is 72.5 Å². The summed E-state index contributed by atoms with van der Waals surface area (Å²) in [5.74, 6) is 0.428.